The lowest BCUT2D eigenvalue weighted by molar-refractivity contribution is -0.134. The number of fused-ring (bicyclic) bond motifs is 1. The van der Waals surface area contributed by atoms with Crippen LogP contribution in [0.1, 0.15) is 32.6 Å². The van der Waals surface area contributed by atoms with Crippen LogP contribution in [-0.4, -0.2) is 29.2 Å². The van der Waals surface area contributed by atoms with Crippen LogP contribution in [0.25, 0.3) is 0 Å². The maximum absolute atomic E-state index is 12.0. The molecular formula is C12H20BrNO. The van der Waals surface area contributed by atoms with E-state index in [0.717, 1.165) is 37.6 Å². The predicted octanol–water partition coefficient (Wildman–Crippen LogP) is 2.66. The van der Waals surface area contributed by atoms with Gasteiger partial charge in [-0.3, -0.25) is 4.79 Å². The van der Waals surface area contributed by atoms with E-state index >= 15 is 0 Å². The van der Waals surface area contributed by atoms with Gasteiger partial charge in [-0.25, -0.2) is 0 Å². The van der Waals surface area contributed by atoms with E-state index in [0.29, 0.717) is 16.7 Å². The number of rotatable bonds is 4. The van der Waals surface area contributed by atoms with Gasteiger partial charge in [0.1, 0.15) is 0 Å². The molecule has 0 aromatic carbocycles. The Morgan fingerprint density at radius 1 is 1.40 bits per heavy atom. The highest BCUT2D eigenvalue weighted by molar-refractivity contribution is 9.09. The number of amides is 1. The molecule has 2 fully saturated rings. The first-order valence-electron chi connectivity index (χ1n) is 5.97. The van der Waals surface area contributed by atoms with Crippen LogP contribution in [-0.2, 0) is 4.79 Å². The average molecular weight is 274 g/mol. The molecule has 0 heterocycles. The Labute approximate surface area is 101 Å². The zero-order valence-corrected chi connectivity index (χ0v) is 11.2. The second kappa shape index (κ2) is 4.44. The van der Waals surface area contributed by atoms with Crippen molar-refractivity contribution in [3.05, 3.63) is 0 Å². The maximum Gasteiger partial charge on any atom is 0.225 e. The highest BCUT2D eigenvalue weighted by atomic mass is 79.9. The molecule has 0 N–H and O–H groups in total. The lowest BCUT2D eigenvalue weighted by Crippen LogP contribution is -2.33. The molecule has 0 aromatic heterocycles. The number of carbonyl (C=O) groups is 1. The molecule has 0 radical (unpaired) electrons. The van der Waals surface area contributed by atoms with E-state index in [2.05, 4.69) is 22.9 Å². The summed E-state index contributed by atoms with van der Waals surface area (Å²) < 4.78 is 0. The fourth-order valence-corrected chi connectivity index (χ4v) is 2.91. The molecule has 0 aromatic rings. The van der Waals surface area contributed by atoms with Crippen molar-refractivity contribution in [1.29, 1.82) is 0 Å². The zero-order valence-electron chi connectivity index (χ0n) is 9.58. The number of hydrogen-bond donors (Lipinski definition) is 0. The quantitative estimate of drug-likeness (QED) is 0.722. The van der Waals surface area contributed by atoms with Gasteiger partial charge in [0, 0.05) is 24.3 Å². The third kappa shape index (κ3) is 2.74. The Balaban J connectivity index is 1.74. The van der Waals surface area contributed by atoms with Crippen LogP contribution < -0.4 is 0 Å². The number of hydrogen-bond acceptors (Lipinski definition) is 1. The summed E-state index contributed by atoms with van der Waals surface area (Å²) >= 11 is 3.51. The number of halogens is 1. The average Bonchev–Trinajstić information content (AvgIpc) is 2.81. The Morgan fingerprint density at radius 3 is 2.53 bits per heavy atom. The minimum Gasteiger partial charge on any atom is -0.345 e. The third-order valence-electron chi connectivity index (χ3n) is 3.83. The van der Waals surface area contributed by atoms with Crippen molar-refractivity contribution in [2.24, 2.45) is 17.8 Å². The fourth-order valence-electron chi connectivity index (χ4n) is 2.71. The SMILES string of the molecule is CC(Br)CCN(C)C(=O)C1CC2CC2C1. The lowest BCUT2D eigenvalue weighted by atomic mass is 10.0. The summed E-state index contributed by atoms with van der Waals surface area (Å²) in [4.78, 5) is 14.5. The second-order valence-corrected chi connectivity index (χ2v) is 6.82. The summed E-state index contributed by atoms with van der Waals surface area (Å²) in [6.45, 7) is 3.01. The molecule has 1 amide bonds. The third-order valence-corrected chi connectivity index (χ3v) is 4.29. The van der Waals surface area contributed by atoms with Crippen molar-refractivity contribution >= 4 is 21.8 Å². The lowest BCUT2D eigenvalue weighted by Gasteiger charge is -2.22. The first-order valence-corrected chi connectivity index (χ1v) is 6.88. The largest absolute Gasteiger partial charge is 0.345 e. The summed E-state index contributed by atoms with van der Waals surface area (Å²) in [5, 5.41) is 0. The molecule has 2 saturated carbocycles. The highest BCUT2D eigenvalue weighted by Crippen LogP contribution is 2.54. The standard InChI is InChI=1S/C12H20BrNO/c1-8(13)3-4-14(2)12(15)11-6-9-5-10(9)7-11/h8-11H,3-7H2,1-2H3. The Morgan fingerprint density at radius 2 is 2.00 bits per heavy atom. The van der Waals surface area contributed by atoms with Crippen molar-refractivity contribution in [2.75, 3.05) is 13.6 Å². The Hall–Kier alpha value is -0.0500. The van der Waals surface area contributed by atoms with Crippen molar-refractivity contribution in [1.82, 2.24) is 4.90 Å². The molecule has 0 aliphatic heterocycles. The highest BCUT2D eigenvalue weighted by Gasteiger charge is 2.48. The van der Waals surface area contributed by atoms with E-state index in [-0.39, 0.29) is 0 Å². The molecular weight excluding hydrogens is 254 g/mol. The van der Waals surface area contributed by atoms with Crippen molar-refractivity contribution in [3.8, 4) is 0 Å². The molecule has 3 unspecified atom stereocenters. The monoisotopic (exact) mass is 273 g/mol. The molecule has 3 atom stereocenters. The molecule has 2 aliphatic carbocycles. The molecule has 86 valence electrons. The first-order chi connectivity index (χ1) is 7.08. The smallest absolute Gasteiger partial charge is 0.225 e. The van der Waals surface area contributed by atoms with E-state index < -0.39 is 0 Å². The van der Waals surface area contributed by atoms with Gasteiger partial charge < -0.3 is 4.90 Å². The number of carbonyl (C=O) groups excluding carboxylic acids is 1. The molecule has 0 spiro atoms. The molecule has 3 heteroatoms. The summed E-state index contributed by atoms with van der Waals surface area (Å²) in [7, 11) is 1.95. The number of alkyl halides is 1. The van der Waals surface area contributed by atoms with E-state index in [1.807, 2.05) is 11.9 Å². The van der Waals surface area contributed by atoms with Crippen molar-refractivity contribution in [3.63, 3.8) is 0 Å². The van der Waals surface area contributed by atoms with E-state index in [9.17, 15) is 4.79 Å². The van der Waals surface area contributed by atoms with Gasteiger partial charge in [0.15, 0.2) is 0 Å². The second-order valence-electron chi connectivity index (χ2n) is 5.25. The van der Waals surface area contributed by atoms with E-state index in [4.69, 9.17) is 0 Å². The van der Waals surface area contributed by atoms with E-state index in [1.54, 1.807) is 0 Å². The normalized spacial score (nSPS) is 34.7. The van der Waals surface area contributed by atoms with Gasteiger partial charge in [-0.2, -0.15) is 0 Å². The molecule has 2 aliphatic rings. The van der Waals surface area contributed by atoms with Gasteiger partial charge in [0.05, 0.1) is 0 Å². The molecule has 2 rings (SSSR count). The van der Waals surface area contributed by atoms with Crippen LogP contribution in [0.5, 0.6) is 0 Å². The van der Waals surface area contributed by atoms with Crippen LogP contribution in [0.4, 0.5) is 0 Å². The van der Waals surface area contributed by atoms with Crippen molar-refractivity contribution < 1.29 is 4.79 Å². The van der Waals surface area contributed by atoms with Crippen LogP contribution >= 0.6 is 15.9 Å². The molecule has 0 saturated heterocycles. The van der Waals surface area contributed by atoms with Gasteiger partial charge >= 0.3 is 0 Å². The Bertz CT molecular complexity index is 244. The molecule has 15 heavy (non-hydrogen) atoms. The maximum atomic E-state index is 12.0. The summed E-state index contributed by atoms with van der Waals surface area (Å²) in [5.74, 6) is 2.55. The van der Waals surface area contributed by atoms with Gasteiger partial charge in [-0.05, 0) is 37.5 Å². The van der Waals surface area contributed by atoms with Gasteiger partial charge in [-0.1, -0.05) is 22.9 Å². The van der Waals surface area contributed by atoms with Crippen LogP contribution in [0.3, 0.4) is 0 Å². The summed E-state index contributed by atoms with van der Waals surface area (Å²) in [6, 6.07) is 0. The minimum atomic E-state index is 0.351. The molecule has 0 bridgehead atoms. The molecule has 2 nitrogen and oxygen atoms in total. The minimum absolute atomic E-state index is 0.351. The van der Waals surface area contributed by atoms with Gasteiger partial charge in [0.25, 0.3) is 0 Å². The van der Waals surface area contributed by atoms with Gasteiger partial charge in [0.2, 0.25) is 5.91 Å². The topological polar surface area (TPSA) is 20.3 Å². The summed E-state index contributed by atoms with van der Waals surface area (Å²) in [5.41, 5.74) is 0. The van der Waals surface area contributed by atoms with Crippen LogP contribution in [0.15, 0.2) is 0 Å². The van der Waals surface area contributed by atoms with Crippen molar-refractivity contribution in [2.45, 2.75) is 37.4 Å². The fraction of sp³-hybridized carbons (Fsp3) is 0.917. The summed E-state index contributed by atoms with van der Waals surface area (Å²) in [6.07, 6.45) is 4.77. The first kappa shape index (κ1) is 11.4. The van der Waals surface area contributed by atoms with Crippen LogP contribution in [0.2, 0.25) is 0 Å². The zero-order chi connectivity index (χ0) is 11.0. The predicted molar refractivity (Wildman–Crippen MR) is 65.0 cm³/mol. The number of nitrogens with zero attached hydrogens (tertiary/aromatic N) is 1. The van der Waals surface area contributed by atoms with Gasteiger partial charge in [-0.15, -0.1) is 0 Å². The van der Waals surface area contributed by atoms with E-state index in [1.165, 1.54) is 6.42 Å². The van der Waals surface area contributed by atoms with Crippen LogP contribution in [0, 0.1) is 17.8 Å². The Kier molecular flexibility index (Phi) is 3.39.